The van der Waals surface area contributed by atoms with Gasteiger partial charge < -0.3 is 5.32 Å². The van der Waals surface area contributed by atoms with Crippen LogP contribution in [0.4, 0.5) is 5.69 Å². The zero-order chi connectivity index (χ0) is 18.5. The Bertz CT molecular complexity index is 923. The number of thioether (sulfide) groups is 1. The molecule has 3 rings (SSSR count). The van der Waals surface area contributed by atoms with Gasteiger partial charge in [-0.05, 0) is 50.1 Å². The Balaban J connectivity index is 1.59. The van der Waals surface area contributed by atoms with Gasteiger partial charge in [-0.1, -0.05) is 53.7 Å². The molecule has 0 saturated carbocycles. The molecule has 0 bridgehead atoms. The van der Waals surface area contributed by atoms with E-state index in [-0.39, 0.29) is 5.91 Å². The molecule has 132 valence electrons. The van der Waals surface area contributed by atoms with Crippen molar-refractivity contribution in [2.24, 2.45) is 0 Å². The van der Waals surface area contributed by atoms with Crippen LogP contribution < -0.4 is 5.32 Å². The van der Waals surface area contributed by atoms with Crippen molar-refractivity contribution in [1.29, 1.82) is 0 Å². The predicted molar refractivity (Wildman–Crippen MR) is 107 cm³/mol. The van der Waals surface area contributed by atoms with Crippen LogP contribution in [-0.2, 0) is 4.79 Å². The molecule has 0 radical (unpaired) electrons. The molecule has 2 aromatic carbocycles. The summed E-state index contributed by atoms with van der Waals surface area (Å²) in [6, 6.07) is 17.9. The van der Waals surface area contributed by atoms with E-state index in [1.54, 1.807) is 0 Å². The molecule has 0 saturated heterocycles. The minimum absolute atomic E-state index is 0.0493. The Morgan fingerprint density at radius 3 is 2.46 bits per heavy atom. The zero-order valence-corrected chi connectivity index (χ0v) is 15.9. The molecule has 0 spiro atoms. The maximum absolute atomic E-state index is 12.2. The van der Waals surface area contributed by atoms with Crippen LogP contribution in [0.3, 0.4) is 0 Å². The van der Waals surface area contributed by atoms with Crippen molar-refractivity contribution < 1.29 is 4.79 Å². The maximum Gasteiger partial charge on any atom is 0.234 e. The minimum atomic E-state index is -0.0493. The first kappa shape index (κ1) is 18.1. The average molecular weight is 363 g/mol. The van der Waals surface area contributed by atoms with E-state index >= 15 is 0 Å². The molecule has 0 aliphatic carbocycles. The van der Waals surface area contributed by atoms with Gasteiger partial charge in [0.05, 0.1) is 11.4 Å². The largest absolute Gasteiger partial charge is 0.325 e. The summed E-state index contributed by atoms with van der Waals surface area (Å²) in [5.74, 6) is 0.248. The van der Waals surface area contributed by atoms with Crippen LogP contribution in [0.2, 0.25) is 0 Å². The molecule has 3 aromatic rings. The number of aromatic nitrogens is 2. The van der Waals surface area contributed by atoms with Gasteiger partial charge in [-0.2, -0.15) is 0 Å². The molecule has 1 amide bonds. The molecular weight excluding hydrogens is 342 g/mol. The summed E-state index contributed by atoms with van der Waals surface area (Å²) < 4.78 is 0. The third kappa shape index (κ3) is 4.49. The molecular formula is C21H21N3OS. The lowest BCUT2D eigenvalue weighted by atomic mass is 10.1. The fourth-order valence-corrected chi connectivity index (χ4v) is 3.29. The number of hydrogen-bond donors (Lipinski definition) is 1. The van der Waals surface area contributed by atoms with E-state index in [1.165, 1.54) is 17.3 Å². The standard InChI is InChI=1S/C21H21N3OS/c1-14-8-9-18(16(3)12-14)22-20(25)13-26-21-11-10-19(23-24-21)17-7-5-4-6-15(17)2/h4-12H,13H2,1-3H3,(H,22,25). The van der Waals surface area contributed by atoms with E-state index in [0.717, 1.165) is 33.1 Å². The molecule has 1 N–H and O–H groups in total. The summed E-state index contributed by atoms with van der Waals surface area (Å²) >= 11 is 1.38. The number of amides is 1. The van der Waals surface area contributed by atoms with E-state index in [1.807, 2.05) is 56.3 Å². The number of benzene rings is 2. The number of nitrogens with one attached hydrogen (secondary N) is 1. The molecule has 0 unspecified atom stereocenters. The van der Waals surface area contributed by atoms with Gasteiger partial charge >= 0.3 is 0 Å². The zero-order valence-electron chi connectivity index (χ0n) is 15.1. The predicted octanol–water partition coefficient (Wildman–Crippen LogP) is 4.80. The monoisotopic (exact) mass is 363 g/mol. The van der Waals surface area contributed by atoms with Crippen LogP contribution in [0.25, 0.3) is 11.3 Å². The second-order valence-corrected chi connectivity index (χ2v) is 7.22. The van der Waals surface area contributed by atoms with Crippen molar-refractivity contribution in [2.45, 2.75) is 25.8 Å². The Morgan fingerprint density at radius 2 is 1.77 bits per heavy atom. The average Bonchev–Trinajstić information content (AvgIpc) is 2.63. The molecule has 5 heteroatoms. The van der Waals surface area contributed by atoms with Gasteiger partial charge in [0.25, 0.3) is 0 Å². The molecule has 0 aliphatic heterocycles. The van der Waals surface area contributed by atoms with Crippen LogP contribution in [-0.4, -0.2) is 21.9 Å². The van der Waals surface area contributed by atoms with Crippen molar-refractivity contribution >= 4 is 23.4 Å². The highest BCUT2D eigenvalue weighted by Gasteiger charge is 2.08. The fraction of sp³-hybridized carbons (Fsp3) is 0.190. The highest BCUT2D eigenvalue weighted by Crippen LogP contribution is 2.23. The van der Waals surface area contributed by atoms with Gasteiger partial charge in [-0.15, -0.1) is 10.2 Å². The molecule has 0 aliphatic rings. The van der Waals surface area contributed by atoms with E-state index in [2.05, 4.69) is 34.6 Å². The maximum atomic E-state index is 12.2. The van der Waals surface area contributed by atoms with Gasteiger partial charge in [0.2, 0.25) is 5.91 Å². The van der Waals surface area contributed by atoms with Gasteiger partial charge in [-0.3, -0.25) is 4.79 Å². The van der Waals surface area contributed by atoms with Gasteiger partial charge in [0, 0.05) is 11.3 Å². The van der Waals surface area contributed by atoms with Gasteiger partial charge in [0.1, 0.15) is 5.03 Å². The molecule has 26 heavy (non-hydrogen) atoms. The summed E-state index contributed by atoms with van der Waals surface area (Å²) in [5, 5.41) is 12.2. The molecule has 1 heterocycles. The van der Waals surface area contributed by atoms with Gasteiger partial charge in [-0.25, -0.2) is 0 Å². The first-order valence-corrected chi connectivity index (χ1v) is 9.41. The summed E-state index contributed by atoms with van der Waals surface area (Å²) in [6.07, 6.45) is 0. The number of carbonyl (C=O) groups excluding carboxylic acids is 1. The first-order chi connectivity index (χ1) is 12.5. The van der Waals surface area contributed by atoms with Crippen molar-refractivity contribution in [1.82, 2.24) is 10.2 Å². The summed E-state index contributed by atoms with van der Waals surface area (Å²) in [6.45, 7) is 6.08. The first-order valence-electron chi connectivity index (χ1n) is 8.42. The van der Waals surface area contributed by atoms with Crippen LogP contribution in [0.1, 0.15) is 16.7 Å². The van der Waals surface area contributed by atoms with E-state index in [0.29, 0.717) is 5.75 Å². The molecule has 1 aromatic heterocycles. The van der Waals surface area contributed by atoms with Crippen LogP contribution >= 0.6 is 11.8 Å². The van der Waals surface area contributed by atoms with Crippen LogP contribution in [0.5, 0.6) is 0 Å². The Morgan fingerprint density at radius 1 is 0.962 bits per heavy atom. The fourth-order valence-electron chi connectivity index (χ4n) is 2.68. The van der Waals surface area contributed by atoms with E-state index in [4.69, 9.17) is 0 Å². The minimum Gasteiger partial charge on any atom is -0.325 e. The summed E-state index contributed by atoms with van der Waals surface area (Å²) in [7, 11) is 0. The van der Waals surface area contributed by atoms with E-state index < -0.39 is 0 Å². The lowest BCUT2D eigenvalue weighted by Crippen LogP contribution is -2.15. The Hall–Kier alpha value is -2.66. The highest BCUT2D eigenvalue weighted by molar-refractivity contribution is 7.99. The molecule has 0 fully saturated rings. The lowest BCUT2D eigenvalue weighted by molar-refractivity contribution is -0.113. The number of rotatable bonds is 5. The lowest BCUT2D eigenvalue weighted by Gasteiger charge is -2.09. The number of aryl methyl sites for hydroxylation is 3. The Kier molecular flexibility index (Phi) is 5.68. The number of anilines is 1. The summed E-state index contributed by atoms with van der Waals surface area (Å²) in [5.41, 5.74) is 6.16. The quantitative estimate of drug-likeness (QED) is 0.662. The van der Waals surface area contributed by atoms with Crippen molar-refractivity contribution in [3.05, 3.63) is 71.3 Å². The normalized spacial score (nSPS) is 10.6. The SMILES string of the molecule is Cc1ccc(NC(=O)CSc2ccc(-c3ccccc3C)nn2)c(C)c1. The highest BCUT2D eigenvalue weighted by atomic mass is 32.2. The van der Waals surface area contributed by atoms with Crippen molar-refractivity contribution in [3.8, 4) is 11.3 Å². The number of nitrogens with zero attached hydrogens (tertiary/aromatic N) is 2. The second-order valence-electron chi connectivity index (χ2n) is 6.23. The number of hydrogen-bond acceptors (Lipinski definition) is 4. The summed E-state index contributed by atoms with van der Waals surface area (Å²) in [4.78, 5) is 12.2. The van der Waals surface area contributed by atoms with Gasteiger partial charge in [0.15, 0.2) is 0 Å². The third-order valence-electron chi connectivity index (χ3n) is 4.07. The third-order valence-corrected chi connectivity index (χ3v) is 4.99. The van der Waals surface area contributed by atoms with Crippen molar-refractivity contribution in [3.63, 3.8) is 0 Å². The number of carbonyl (C=O) groups is 1. The Labute approximate surface area is 158 Å². The van der Waals surface area contributed by atoms with Crippen LogP contribution in [0, 0.1) is 20.8 Å². The molecule has 4 nitrogen and oxygen atoms in total. The second kappa shape index (κ2) is 8.15. The molecule has 0 atom stereocenters. The van der Waals surface area contributed by atoms with E-state index in [9.17, 15) is 4.79 Å². The van der Waals surface area contributed by atoms with Crippen LogP contribution in [0.15, 0.2) is 59.6 Å². The van der Waals surface area contributed by atoms with Crippen molar-refractivity contribution in [2.75, 3.05) is 11.1 Å². The smallest absolute Gasteiger partial charge is 0.234 e. The topological polar surface area (TPSA) is 54.9 Å².